The van der Waals surface area contributed by atoms with Gasteiger partial charge in [0.2, 0.25) is 0 Å². The normalized spacial score (nSPS) is 10.8. The van der Waals surface area contributed by atoms with Gasteiger partial charge in [-0.15, -0.1) is 0 Å². The molecule has 7 heteroatoms. The van der Waals surface area contributed by atoms with Crippen LogP contribution in [0.5, 0.6) is 0 Å². The van der Waals surface area contributed by atoms with E-state index in [0.717, 1.165) is 11.8 Å². The number of hydrogen-bond acceptors (Lipinski definition) is 6. The molecule has 3 rings (SSSR count). The molecule has 0 aliphatic heterocycles. The molecule has 1 aromatic heterocycles. The highest BCUT2D eigenvalue weighted by Crippen LogP contribution is 2.36. The Hall–Kier alpha value is -2.67. The molecule has 0 aliphatic rings. The van der Waals surface area contributed by atoms with E-state index in [-0.39, 0.29) is 11.5 Å². The van der Waals surface area contributed by atoms with E-state index in [0.29, 0.717) is 26.8 Å². The van der Waals surface area contributed by atoms with Gasteiger partial charge in [-0.1, -0.05) is 12.1 Å². The molecular weight excluding hydrogens is 304 g/mol. The molecule has 2 aromatic carbocycles. The van der Waals surface area contributed by atoms with Gasteiger partial charge in [-0.25, -0.2) is 4.98 Å². The highest BCUT2D eigenvalue weighted by Gasteiger charge is 2.19. The molecule has 0 saturated heterocycles. The van der Waals surface area contributed by atoms with Gasteiger partial charge in [0.15, 0.2) is 11.4 Å². The molecule has 0 aliphatic carbocycles. The minimum Gasteiger partial charge on any atom is -0.431 e. The fourth-order valence-corrected chi connectivity index (χ4v) is 2.79. The largest absolute Gasteiger partial charge is 0.431 e. The second-order valence-electron chi connectivity index (χ2n) is 4.55. The molecule has 110 valence electrons. The SMILES string of the molecule is CC(=O)c1ccc(Sc2nc3ccccc3o2)c([N+](=O)[O-])c1. The predicted molar refractivity (Wildman–Crippen MR) is 81.2 cm³/mol. The predicted octanol–water partition coefficient (Wildman–Crippen LogP) is 4.09. The lowest BCUT2D eigenvalue weighted by atomic mass is 10.1. The summed E-state index contributed by atoms with van der Waals surface area (Å²) in [7, 11) is 0. The maximum Gasteiger partial charge on any atom is 0.284 e. The van der Waals surface area contributed by atoms with Crippen molar-refractivity contribution in [1.29, 1.82) is 0 Å². The Bertz CT molecular complexity index is 855. The minimum absolute atomic E-state index is 0.139. The van der Waals surface area contributed by atoms with Crippen LogP contribution in [0.2, 0.25) is 0 Å². The molecule has 3 aromatic rings. The van der Waals surface area contributed by atoms with Crippen molar-refractivity contribution >= 4 is 34.3 Å². The van der Waals surface area contributed by atoms with Gasteiger partial charge in [-0.3, -0.25) is 14.9 Å². The fourth-order valence-electron chi connectivity index (χ4n) is 1.95. The van der Waals surface area contributed by atoms with Crippen LogP contribution in [-0.2, 0) is 0 Å². The van der Waals surface area contributed by atoms with Crippen molar-refractivity contribution in [2.24, 2.45) is 0 Å². The molecule has 1 heterocycles. The van der Waals surface area contributed by atoms with Crippen molar-refractivity contribution in [3.8, 4) is 0 Å². The monoisotopic (exact) mass is 314 g/mol. The number of oxazole rings is 1. The lowest BCUT2D eigenvalue weighted by Crippen LogP contribution is -1.96. The van der Waals surface area contributed by atoms with E-state index in [1.807, 2.05) is 12.1 Å². The Morgan fingerprint density at radius 2 is 2.05 bits per heavy atom. The number of hydrogen-bond donors (Lipinski definition) is 0. The Morgan fingerprint density at radius 3 is 2.73 bits per heavy atom. The molecule has 6 nitrogen and oxygen atoms in total. The van der Waals surface area contributed by atoms with E-state index in [2.05, 4.69) is 4.98 Å². The van der Waals surface area contributed by atoms with Crippen LogP contribution >= 0.6 is 11.8 Å². The summed E-state index contributed by atoms with van der Waals surface area (Å²) in [5, 5.41) is 11.5. The summed E-state index contributed by atoms with van der Waals surface area (Å²) in [6.45, 7) is 1.37. The Balaban J connectivity index is 2.00. The van der Waals surface area contributed by atoms with Crippen LogP contribution in [-0.4, -0.2) is 15.7 Å². The van der Waals surface area contributed by atoms with E-state index in [4.69, 9.17) is 4.42 Å². The highest BCUT2D eigenvalue weighted by atomic mass is 32.2. The maximum absolute atomic E-state index is 11.3. The van der Waals surface area contributed by atoms with Crippen LogP contribution in [0.25, 0.3) is 11.1 Å². The summed E-state index contributed by atoms with van der Waals surface area (Å²) >= 11 is 1.06. The molecule has 0 unspecified atom stereocenters. The lowest BCUT2D eigenvalue weighted by molar-refractivity contribution is -0.387. The van der Waals surface area contributed by atoms with E-state index in [9.17, 15) is 14.9 Å². The molecule has 0 bridgehead atoms. The van der Waals surface area contributed by atoms with E-state index in [1.54, 1.807) is 18.2 Å². The zero-order valence-corrected chi connectivity index (χ0v) is 12.3. The minimum atomic E-state index is -0.516. The Morgan fingerprint density at radius 1 is 1.27 bits per heavy atom. The van der Waals surface area contributed by atoms with Crippen molar-refractivity contribution in [3.63, 3.8) is 0 Å². The van der Waals surface area contributed by atoms with Crippen molar-refractivity contribution in [2.75, 3.05) is 0 Å². The van der Waals surface area contributed by atoms with Crippen LogP contribution in [0.3, 0.4) is 0 Å². The Labute approximate surface area is 129 Å². The molecule has 0 N–H and O–H groups in total. The second kappa shape index (κ2) is 5.61. The van der Waals surface area contributed by atoms with Crippen LogP contribution in [0.4, 0.5) is 5.69 Å². The third-order valence-corrected chi connectivity index (χ3v) is 3.95. The number of rotatable bonds is 4. The van der Waals surface area contributed by atoms with Crippen LogP contribution in [0, 0.1) is 10.1 Å². The lowest BCUT2D eigenvalue weighted by Gasteiger charge is -2.01. The Kier molecular flexibility index (Phi) is 3.64. The number of benzene rings is 2. The zero-order valence-electron chi connectivity index (χ0n) is 11.5. The van der Waals surface area contributed by atoms with Crippen molar-refractivity contribution in [2.45, 2.75) is 17.0 Å². The number of nitrogens with zero attached hydrogens (tertiary/aromatic N) is 2. The summed E-state index contributed by atoms with van der Waals surface area (Å²) < 4.78 is 5.55. The number of carbonyl (C=O) groups is 1. The van der Waals surface area contributed by atoms with Gasteiger partial charge in [0, 0.05) is 11.6 Å². The first-order chi connectivity index (χ1) is 10.5. The summed E-state index contributed by atoms with van der Waals surface area (Å²) in [6, 6.07) is 11.6. The molecule has 0 saturated carbocycles. The summed E-state index contributed by atoms with van der Waals surface area (Å²) in [4.78, 5) is 26.7. The maximum atomic E-state index is 11.3. The van der Waals surface area contributed by atoms with Gasteiger partial charge >= 0.3 is 0 Å². The fraction of sp³-hybridized carbons (Fsp3) is 0.0667. The number of nitro benzene ring substituents is 1. The van der Waals surface area contributed by atoms with Crippen molar-refractivity contribution < 1.29 is 14.1 Å². The third kappa shape index (κ3) is 2.71. The molecule has 0 fully saturated rings. The van der Waals surface area contributed by atoms with Gasteiger partial charge in [0.25, 0.3) is 10.9 Å². The van der Waals surface area contributed by atoms with Gasteiger partial charge in [0.1, 0.15) is 5.52 Å². The van der Waals surface area contributed by atoms with E-state index < -0.39 is 4.92 Å². The van der Waals surface area contributed by atoms with E-state index in [1.165, 1.54) is 19.1 Å². The number of ketones is 1. The number of aromatic nitrogens is 1. The molecule has 0 atom stereocenters. The van der Waals surface area contributed by atoms with Gasteiger partial charge in [0.05, 0.1) is 9.82 Å². The molecular formula is C15H10N2O4S. The number of para-hydroxylation sites is 2. The van der Waals surface area contributed by atoms with Crippen LogP contribution in [0.1, 0.15) is 17.3 Å². The number of Topliss-reactive ketones (excluding diaryl/α,β-unsaturated/α-hetero) is 1. The quantitative estimate of drug-likeness (QED) is 0.409. The second-order valence-corrected chi connectivity index (χ2v) is 5.54. The summed E-state index contributed by atoms with van der Waals surface area (Å²) in [6.07, 6.45) is 0. The van der Waals surface area contributed by atoms with E-state index >= 15 is 0 Å². The molecule has 0 spiro atoms. The van der Waals surface area contributed by atoms with Gasteiger partial charge in [-0.05, 0) is 43.0 Å². The zero-order chi connectivity index (χ0) is 15.7. The topological polar surface area (TPSA) is 86.2 Å². The molecule has 0 amide bonds. The first-order valence-electron chi connectivity index (χ1n) is 6.37. The standard InChI is InChI=1S/C15H10N2O4S/c1-9(18)10-6-7-14(12(8-10)17(19)20)22-15-16-11-4-2-3-5-13(11)21-15/h2-8H,1H3. The number of carbonyl (C=O) groups excluding carboxylic acids is 1. The average Bonchev–Trinajstić information content (AvgIpc) is 2.89. The van der Waals surface area contributed by atoms with Crippen molar-refractivity contribution in [1.82, 2.24) is 4.98 Å². The van der Waals surface area contributed by atoms with Crippen molar-refractivity contribution in [3.05, 3.63) is 58.1 Å². The summed E-state index contributed by atoms with van der Waals surface area (Å²) in [5.41, 5.74) is 1.47. The first-order valence-corrected chi connectivity index (χ1v) is 7.19. The number of nitro groups is 1. The van der Waals surface area contributed by atoms with Gasteiger partial charge in [-0.2, -0.15) is 0 Å². The smallest absolute Gasteiger partial charge is 0.284 e. The summed E-state index contributed by atoms with van der Waals surface area (Å²) in [5.74, 6) is -0.221. The van der Waals surface area contributed by atoms with Crippen LogP contribution in [0.15, 0.2) is 57.0 Å². The first kappa shape index (κ1) is 14.3. The third-order valence-electron chi connectivity index (χ3n) is 3.03. The highest BCUT2D eigenvalue weighted by molar-refractivity contribution is 7.99. The van der Waals surface area contributed by atoms with Crippen LogP contribution < -0.4 is 0 Å². The average molecular weight is 314 g/mol. The van der Waals surface area contributed by atoms with Gasteiger partial charge < -0.3 is 4.42 Å². The molecule has 22 heavy (non-hydrogen) atoms. The number of fused-ring (bicyclic) bond motifs is 1. The molecule has 0 radical (unpaired) electrons.